The summed E-state index contributed by atoms with van der Waals surface area (Å²) in [7, 11) is 0. The van der Waals surface area contributed by atoms with E-state index in [1.807, 2.05) is 6.92 Å². The van der Waals surface area contributed by atoms with E-state index in [9.17, 15) is 0 Å². The van der Waals surface area contributed by atoms with E-state index in [-0.39, 0.29) is 5.38 Å². The Morgan fingerprint density at radius 1 is 1.50 bits per heavy atom. The van der Waals surface area contributed by atoms with Gasteiger partial charge in [-0.05, 0) is 39.2 Å². The van der Waals surface area contributed by atoms with Gasteiger partial charge in [-0.25, -0.2) is 0 Å². The lowest BCUT2D eigenvalue weighted by molar-refractivity contribution is 0.521. The molecule has 1 rings (SSSR count). The van der Waals surface area contributed by atoms with Crippen LogP contribution in [0.3, 0.4) is 0 Å². The first kappa shape index (κ1) is 8.35. The highest BCUT2D eigenvalue weighted by molar-refractivity contribution is 6.20. The lowest BCUT2D eigenvalue weighted by Gasteiger charge is -2.14. The quantitative estimate of drug-likeness (QED) is 0.622. The maximum atomic E-state index is 5.87. The van der Waals surface area contributed by atoms with Crippen molar-refractivity contribution in [3.63, 3.8) is 0 Å². The second kappa shape index (κ2) is 3.59. The highest BCUT2D eigenvalue weighted by Gasteiger charge is 2.21. The van der Waals surface area contributed by atoms with Crippen molar-refractivity contribution >= 4 is 11.6 Å². The van der Waals surface area contributed by atoms with Crippen molar-refractivity contribution in [1.82, 2.24) is 5.32 Å². The number of alkyl halides is 1. The molecule has 0 bridgehead atoms. The predicted octanol–water partition coefficient (Wildman–Crippen LogP) is 2.00. The molecule has 1 fully saturated rings. The van der Waals surface area contributed by atoms with Crippen LogP contribution in [0.4, 0.5) is 0 Å². The summed E-state index contributed by atoms with van der Waals surface area (Å²) in [6.07, 6.45) is 2.83. The van der Waals surface area contributed by atoms with E-state index in [0.29, 0.717) is 6.04 Å². The van der Waals surface area contributed by atoms with Crippen LogP contribution >= 0.6 is 11.6 Å². The molecule has 1 aliphatic rings. The maximum absolute atomic E-state index is 5.87. The van der Waals surface area contributed by atoms with E-state index < -0.39 is 0 Å². The zero-order chi connectivity index (χ0) is 7.56. The molecule has 0 aliphatic heterocycles. The molecule has 1 N–H and O–H groups in total. The molecule has 1 saturated carbocycles. The first-order chi connectivity index (χ1) is 4.70. The fourth-order valence-electron chi connectivity index (χ4n) is 0.837. The average Bonchev–Trinajstić information content (AvgIpc) is 2.64. The van der Waals surface area contributed by atoms with E-state index in [2.05, 4.69) is 12.2 Å². The Bertz CT molecular complexity index is 99.4. The third-order valence-corrected chi connectivity index (χ3v) is 2.49. The molecule has 10 heavy (non-hydrogen) atoms. The summed E-state index contributed by atoms with van der Waals surface area (Å²) >= 11 is 5.87. The van der Waals surface area contributed by atoms with E-state index in [1.165, 1.54) is 12.8 Å². The zero-order valence-corrected chi connectivity index (χ0v) is 7.49. The second-order valence-corrected chi connectivity index (χ2v) is 4.01. The molecule has 0 spiro atoms. The summed E-state index contributed by atoms with van der Waals surface area (Å²) < 4.78 is 0. The fourth-order valence-corrected chi connectivity index (χ4v) is 0.926. The molecule has 2 atom stereocenters. The molecule has 2 unspecified atom stereocenters. The van der Waals surface area contributed by atoms with E-state index in [1.54, 1.807) is 0 Å². The molecule has 0 aromatic carbocycles. The van der Waals surface area contributed by atoms with Crippen LogP contribution in [0.5, 0.6) is 0 Å². The molecular formula is C8H16ClN. The topological polar surface area (TPSA) is 12.0 Å². The Balaban J connectivity index is 1.99. The maximum Gasteiger partial charge on any atom is 0.0458 e. The van der Waals surface area contributed by atoms with Crippen molar-refractivity contribution in [3.05, 3.63) is 0 Å². The molecule has 0 aromatic rings. The van der Waals surface area contributed by atoms with Crippen molar-refractivity contribution in [3.8, 4) is 0 Å². The summed E-state index contributed by atoms with van der Waals surface area (Å²) in [5, 5.41) is 3.66. The minimum absolute atomic E-state index is 0.249. The lowest BCUT2D eigenvalue weighted by atomic mass is 10.2. The van der Waals surface area contributed by atoms with Crippen LogP contribution in [-0.2, 0) is 0 Å². The molecule has 0 aromatic heterocycles. The first-order valence-corrected chi connectivity index (χ1v) is 4.51. The SMILES string of the molecule is CC(Cl)C(C)NCC1CC1. The summed E-state index contributed by atoms with van der Waals surface area (Å²) in [4.78, 5) is 0. The van der Waals surface area contributed by atoms with Gasteiger partial charge in [0.05, 0.1) is 0 Å². The fraction of sp³-hybridized carbons (Fsp3) is 1.00. The average molecular weight is 162 g/mol. The molecule has 0 saturated heterocycles. The first-order valence-electron chi connectivity index (χ1n) is 4.07. The van der Waals surface area contributed by atoms with Gasteiger partial charge in [-0.2, -0.15) is 0 Å². The summed E-state index contributed by atoms with van der Waals surface area (Å²) in [6, 6.07) is 0.460. The Morgan fingerprint density at radius 3 is 2.50 bits per heavy atom. The number of hydrogen-bond donors (Lipinski definition) is 1. The normalized spacial score (nSPS) is 24.3. The summed E-state index contributed by atoms with van der Waals surface area (Å²) in [5.41, 5.74) is 0. The molecule has 2 heteroatoms. The highest BCUT2D eigenvalue weighted by atomic mass is 35.5. The van der Waals surface area contributed by atoms with Crippen molar-refractivity contribution in [2.24, 2.45) is 5.92 Å². The van der Waals surface area contributed by atoms with Gasteiger partial charge in [0.2, 0.25) is 0 Å². The molecule has 0 heterocycles. The van der Waals surface area contributed by atoms with Crippen molar-refractivity contribution in [2.75, 3.05) is 6.54 Å². The minimum atomic E-state index is 0.249. The van der Waals surface area contributed by atoms with Crippen LogP contribution < -0.4 is 5.32 Å². The van der Waals surface area contributed by atoms with E-state index in [0.717, 1.165) is 12.5 Å². The second-order valence-electron chi connectivity index (χ2n) is 3.32. The molecule has 1 nitrogen and oxygen atoms in total. The summed E-state index contributed by atoms with van der Waals surface area (Å²) in [6.45, 7) is 5.34. The van der Waals surface area contributed by atoms with Crippen LogP contribution in [0, 0.1) is 5.92 Å². The molecule has 0 amide bonds. The van der Waals surface area contributed by atoms with Crippen LogP contribution in [0.1, 0.15) is 26.7 Å². The van der Waals surface area contributed by atoms with Crippen LogP contribution in [0.25, 0.3) is 0 Å². The lowest BCUT2D eigenvalue weighted by Crippen LogP contribution is -2.34. The Kier molecular flexibility index (Phi) is 2.99. The Morgan fingerprint density at radius 2 is 2.10 bits per heavy atom. The minimum Gasteiger partial charge on any atom is -0.313 e. The Labute approximate surface area is 68.1 Å². The van der Waals surface area contributed by atoms with Gasteiger partial charge < -0.3 is 5.32 Å². The predicted molar refractivity (Wildman–Crippen MR) is 45.5 cm³/mol. The van der Waals surface area contributed by atoms with Gasteiger partial charge in [-0.1, -0.05) is 0 Å². The van der Waals surface area contributed by atoms with Gasteiger partial charge in [-0.3, -0.25) is 0 Å². The van der Waals surface area contributed by atoms with Gasteiger partial charge in [0, 0.05) is 11.4 Å². The third-order valence-electron chi connectivity index (χ3n) is 2.11. The number of rotatable bonds is 4. The molecule has 60 valence electrons. The van der Waals surface area contributed by atoms with Gasteiger partial charge in [0.1, 0.15) is 0 Å². The zero-order valence-electron chi connectivity index (χ0n) is 6.73. The molecule has 0 radical (unpaired) electrons. The van der Waals surface area contributed by atoms with Gasteiger partial charge >= 0.3 is 0 Å². The molecular weight excluding hydrogens is 146 g/mol. The van der Waals surface area contributed by atoms with Gasteiger partial charge in [0.25, 0.3) is 0 Å². The Hall–Kier alpha value is 0.250. The van der Waals surface area contributed by atoms with Gasteiger partial charge in [0.15, 0.2) is 0 Å². The van der Waals surface area contributed by atoms with Crippen LogP contribution in [0.15, 0.2) is 0 Å². The highest BCUT2D eigenvalue weighted by Crippen LogP contribution is 2.27. The van der Waals surface area contributed by atoms with Crippen molar-refractivity contribution in [2.45, 2.75) is 38.1 Å². The monoisotopic (exact) mass is 161 g/mol. The smallest absolute Gasteiger partial charge is 0.0458 e. The van der Waals surface area contributed by atoms with E-state index in [4.69, 9.17) is 11.6 Å². The third kappa shape index (κ3) is 2.89. The number of hydrogen-bond acceptors (Lipinski definition) is 1. The van der Waals surface area contributed by atoms with Crippen LogP contribution in [0.2, 0.25) is 0 Å². The van der Waals surface area contributed by atoms with Crippen molar-refractivity contribution < 1.29 is 0 Å². The largest absolute Gasteiger partial charge is 0.313 e. The number of nitrogens with one attached hydrogen (secondary N) is 1. The van der Waals surface area contributed by atoms with Gasteiger partial charge in [-0.15, -0.1) is 11.6 Å². The van der Waals surface area contributed by atoms with E-state index >= 15 is 0 Å². The van der Waals surface area contributed by atoms with Crippen molar-refractivity contribution in [1.29, 1.82) is 0 Å². The summed E-state index contributed by atoms with van der Waals surface area (Å²) in [5.74, 6) is 0.956. The van der Waals surface area contributed by atoms with Crippen LogP contribution in [-0.4, -0.2) is 18.0 Å². The standard InChI is InChI=1S/C8H16ClN/c1-6(9)7(2)10-5-8-3-4-8/h6-8,10H,3-5H2,1-2H3. The molecule has 1 aliphatic carbocycles. The number of halogens is 1.